The molecule has 0 atom stereocenters. The Morgan fingerprint density at radius 3 is 1.68 bits per heavy atom. The molecule has 0 unspecified atom stereocenters. The smallest absolute Gasteiger partial charge is 0.330 e. The summed E-state index contributed by atoms with van der Waals surface area (Å²) in [5, 5.41) is 56.5. The number of aromatic nitrogens is 2. The zero-order valence-corrected chi connectivity index (χ0v) is 51.1. The van der Waals surface area contributed by atoms with Crippen LogP contribution in [0.2, 0.25) is 0 Å². The van der Waals surface area contributed by atoms with Crippen molar-refractivity contribution in [2.24, 2.45) is 23.7 Å². The third-order valence-electron chi connectivity index (χ3n) is 17.2. The van der Waals surface area contributed by atoms with Crippen molar-refractivity contribution in [1.29, 1.82) is 0 Å². The molecule has 87 heavy (non-hydrogen) atoms. The first-order chi connectivity index (χ1) is 41.8. The molecular weight excluding hydrogens is 1130 g/mol. The van der Waals surface area contributed by atoms with Gasteiger partial charge in [0.15, 0.2) is 5.69 Å². The Balaban J connectivity index is 0.803. The molecule has 1 aromatic heterocycles. The highest BCUT2D eigenvalue weighted by atomic mass is 16.5. The largest absolute Gasteiger partial charge is 0.496 e. The van der Waals surface area contributed by atoms with Gasteiger partial charge in [-0.25, -0.2) is 9.48 Å². The summed E-state index contributed by atoms with van der Waals surface area (Å²) in [6, 6.07) is 13.3. The Morgan fingerprint density at radius 2 is 1.16 bits per heavy atom. The Labute approximate surface area is 509 Å². The maximum atomic E-state index is 14.5. The van der Waals surface area contributed by atoms with E-state index in [4.69, 9.17) is 24.0 Å². The van der Waals surface area contributed by atoms with E-state index in [1.54, 1.807) is 39.7 Å². The Hall–Kier alpha value is -6.94. The predicted octanol–water partition coefficient (Wildman–Crippen LogP) is 2.55. The lowest BCUT2D eigenvalue weighted by Gasteiger charge is -2.59. The average Bonchev–Trinajstić information content (AvgIpc) is 1.25. The van der Waals surface area contributed by atoms with Crippen molar-refractivity contribution in [2.75, 3.05) is 164 Å². The van der Waals surface area contributed by atoms with Gasteiger partial charge in [0, 0.05) is 77.7 Å². The summed E-state index contributed by atoms with van der Waals surface area (Å²) in [6.07, 6.45) is 5.97. The normalized spacial score (nSPS) is 21.2. The first kappa shape index (κ1) is 67.6. The van der Waals surface area contributed by atoms with E-state index < -0.39 is 35.3 Å². The van der Waals surface area contributed by atoms with E-state index in [0.717, 1.165) is 75.0 Å². The molecule has 4 bridgehead atoms. The van der Waals surface area contributed by atoms with Crippen LogP contribution >= 0.6 is 0 Å². The first-order valence-electron chi connectivity index (χ1n) is 30.4. The minimum atomic E-state index is -1.34. The second-order valence-electron chi connectivity index (χ2n) is 23.8. The minimum Gasteiger partial charge on any atom is -0.496 e. The van der Waals surface area contributed by atoms with E-state index in [2.05, 4.69) is 46.1 Å². The lowest BCUT2D eigenvalue weighted by atomic mass is 9.48. The number of anilines is 1. The molecule has 5 aliphatic rings. The second kappa shape index (κ2) is 32.9. The summed E-state index contributed by atoms with van der Waals surface area (Å²) in [7, 11) is 5.19. The average molecular weight is 1220 g/mol. The standard InChI is InChI=1S/C61H91N11O15/c1-41(2)47-34-46(11-12-49(47)72-50(58-51(84-4)9-6-10-52(58)85-5)35-48(66-72)59(81)65-61(60(82)83)44-30-42-29-43(32-44)33-45(61)31-42)62-13-7-16-67(3)17-8-14-63-54(74)40-87-28-27-86-26-15-64-53(73)36-68-18-20-69(37-55(75)76)22-24-71(39-57(79)80)25-23-70(21-19-68)38-56(77)78/h6,9-12,34-35,41-45,62H,7-8,13-33,36-40H2,1-5H3,(H,63,74)(H,64,73)(H,65,81)(H,75,76)(H,77,78)(H,79,80)(H,82,83). The van der Waals surface area contributed by atoms with Crippen molar-refractivity contribution >= 4 is 47.3 Å². The summed E-state index contributed by atoms with van der Waals surface area (Å²) in [6.45, 7) is 9.24. The van der Waals surface area contributed by atoms with Crippen LogP contribution in [0.25, 0.3) is 16.9 Å². The van der Waals surface area contributed by atoms with E-state index in [-0.39, 0.29) is 121 Å². The zero-order chi connectivity index (χ0) is 62.6. The third kappa shape index (κ3) is 19.3. The molecule has 4 saturated carbocycles. The summed E-state index contributed by atoms with van der Waals surface area (Å²) >= 11 is 0. The van der Waals surface area contributed by atoms with Crippen LogP contribution in [0.15, 0.2) is 42.5 Å². The van der Waals surface area contributed by atoms with Gasteiger partial charge in [-0.05, 0) is 137 Å². The number of nitrogens with zero attached hydrogens (tertiary/aromatic N) is 7. The van der Waals surface area contributed by atoms with Gasteiger partial charge < -0.3 is 65.5 Å². The second-order valence-corrected chi connectivity index (χ2v) is 23.8. The van der Waals surface area contributed by atoms with Gasteiger partial charge >= 0.3 is 23.9 Å². The number of hydrogen-bond acceptors (Lipinski definition) is 18. The molecule has 0 radical (unpaired) electrons. The van der Waals surface area contributed by atoms with Crippen LogP contribution in [0.3, 0.4) is 0 Å². The number of amides is 3. The first-order valence-corrected chi connectivity index (χ1v) is 30.4. The highest BCUT2D eigenvalue weighted by molar-refractivity contribution is 5.98. The van der Waals surface area contributed by atoms with Crippen LogP contribution < -0.4 is 30.7 Å². The van der Waals surface area contributed by atoms with Crippen LogP contribution in [-0.4, -0.2) is 261 Å². The van der Waals surface area contributed by atoms with E-state index in [0.29, 0.717) is 73.9 Å². The number of rotatable bonds is 33. The van der Waals surface area contributed by atoms with E-state index >= 15 is 0 Å². The molecule has 2 heterocycles. The number of carbonyl (C=O) groups is 7. The summed E-state index contributed by atoms with van der Waals surface area (Å²) in [4.78, 5) is 96.9. The third-order valence-corrected chi connectivity index (χ3v) is 17.2. The van der Waals surface area contributed by atoms with Crippen molar-refractivity contribution in [3.8, 4) is 28.4 Å². The molecule has 1 aliphatic heterocycles. The topological polar surface area (TPSA) is 319 Å². The van der Waals surface area contributed by atoms with Gasteiger partial charge in [0.2, 0.25) is 11.8 Å². The van der Waals surface area contributed by atoms with Crippen molar-refractivity contribution in [3.63, 3.8) is 0 Å². The van der Waals surface area contributed by atoms with Crippen molar-refractivity contribution in [2.45, 2.75) is 70.3 Å². The molecule has 8 N–H and O–H groups in total. The van der Waals surface area contributed by atoms with Crippen molar-refractivity contribution in [1.82, 2.24) is 50.2 Å². The fraction of sp³-hybridized carbons (Fsp3) is 0.639. The number of nitrogens with one attached hydrogen (secondary N) is 4. The van der Waals surface area contributed by atoms with Crippen molar-refractivity contribution < 1.29 is 72.9 Å². The molecule has 3 aromatic rings. The Morgan fingerprint density at radius 1 is 0.644 bits per heavy atom. The van der Waals surface area contributed by atoms with Gasteiger partial charge in [-0.3, -0.25) is 48.4 Å². The summed E-state index contributed by atoms with van der Waals surface area (Å²) in [5.74, 6) is -3.24. The van der Waals surface area contributed by atoms with E-state index in [1.165, 1.54) is 0 Å². The lowest BCUT2D eigenvalue weighted by Crippen LogP contribution is -2.70. The van der Waals surface area contributed by atoms with Crippen LogP contribution in [-0.2, 0) is 38.2 Å². The fourth-order valence-electron chi connectivity index (χ4n) is 13.1. The van der Waals surface area contributed by atoms with Crippen LogP contribution in [0.1, 0.15) is 80.8 Å². The molecule has 480 valence electrons. The molecular formula is C61H91N11O15. The SMILES string of the molecule is COc1cccc(OC)c1-c1cc(C(=O)NC2(C(=O)O)C3CC4CC(C3)CC2C4)nn1-c1ccc(NCCCN(C)CCCNC(=O)COCCOCCNC(=O)CN2CCN(CC(=O)O)CCN(CC(=O)O)CCN(CC(=O)O)CC2)cc1C(C)C. The van der Waals surface area contributed by atoms with E-state index in [9.17, 15) is 54.0 Å². The zero-order valence-electron chi connectivity index (χ0n) is 51.1. The van der Waals surface area contributed by atoms with Gasteiger partial charge in [-0.1, -0.05) is 19.9 Å². The number of ether oxygens (including phenoxy) is 4. The number of benzene rings is 2. The fourth-order valence-corrected chi connectivity index (χ4v) is 13.1. The maximum Gasteiger partial charge on any atom is 0.330 e. The summed E-state index contributed by atoms with van der Waals surface area (Å²) < 4.78 is 24.5. The highest BCUT2D eigenvalue weighted by Crippen LogP contribution is 2.58. The van der Waals surface area contributed by atoms with Gasteiger partial charge in [-0.2, -0.15) is 5.10 Å². The number of carbonyl (C=O) groups excluding carboxylic acids is 3. The molecule has 3 amide bonds. The van der Waals surface area contributed by atoms with E-state index in [1.807, 2.05) is 42.3 Å². The van der Waals surface area contributed by atoms with Crippen LogP contribution in [0, 0.1) is 23.7 Å². The maximum absolute atomic E-state index is 14.5. The van der Waals surface area contributed by atoms with Gasteiger partial charge in [0.1, 0.15) is 23.6 Å². The van der Waals surface area contributed by atoms with Gasteiger partial charge in [-0.15, -0.1) is 0 Å². The molecule has 26 nitrogen and oxygen atoms in total. The minimum absolute atomic E-state index is 0.00796. The van der Waals surface area contributed by atoms with Gasteiger partial charge in [0.05, 0.1) is 77.2 Å². The number of carboxylic acids is 4. The molecule has 4 aliphatic carbocycles. The monoisotopic (exact) mass is 1220 g/mol. The highest BCUT2D eigenvalue weighted by Gasteiger charge is 2.62. The Kier molecular flexibility index (Phi) is 25.5. The van der Waals surface area contributed by atoms with Crippen LogP contribution in [0.5, 0.6) is 11.5 Å². The molecule has 1 saturated heterocycles. The molecule has 0 spiro atoms. The number of aliphatic carboxylic acids is 4. The quantitative estimate of drug-likeness (QED) is 0.0406. The number of carboxylic acid groups (broad SMARTS) is 4. The Bertz CT molecular complexity index is 2730. The molecule has 26 heteroatoms. The van der Waals surface area contributed by atoms with Crippen molar-refractivity contribution in [3.05, 3.63) is 53.7 Å². The summed E-state index contributed by atoms with van der Waals surface area (Å²) in [5.41, 5.74) is 2.58. The van der Waals surface area contributed by atoms with Gasteiger partial charge in [0.25, 0.3) is 5.91 Å². The lowest BCUT2D eigenvalue weighted by molar-refractivity contribution is -0.163. The predicted molar refractivity (Wildman–Crippen MR) is 323 cm³/mol. The van der Waals surface area contributed by atoms with Crippen LogP contribution in [0.4, 0.5) is 5.69 Å². The molecule has 8 rings (SSSR count). The molecule has 5 fully saturated rings. The number of methoxy groups -OCH3 is 2. The number of hydrogen-bond donors (Lipinski definition) is 8. The molecule has 2 aromatic carbocycles.